The van der Waals surface area contributed by atoms with E-state index in [9.17, 15) is 4.79 Å². The van der Waals surface area contributed by atoms with E-state index in [0.717, 1.165) is 38.7 Å². The van der Waals surface area contributed by atoms with Crippen LogP contribution < -0.4 is 14.8 Å². The fourth-order valence-electron chi connectivity index (χ4n) is 4.03. The normalized spacial score (nSPS) is 12.2. The van der Waals surface area contributed by atoms with E-state index < -0.39 is 0 Å². The number of aromatic nitrogens is 2. The molecule has 0 aliphatic rings. The fourth-order valence-corrected chi connectivity index (χ4v) is 5.00. The minimum atomic E-state index is -0.0550. The predicted molar refractivity (Wildman–Crippen MR) is 130 cm³/mol. The van der Waals surface area contributed by atoms with Crippen LogP contribution in [-0.4, -0.2) is 9.38 Å². The first kappa shape index (κ1) is 18.8. The fraction of sp³-hybridized carbons (Fsp3) is 0.0370. The molecule has 0 spiro atoms. The monoisotopic (exact) mass is 434 g/mol. The minimum Gasteiger partial charge on any atom is -0.488 e. The highest BCUT2D eigenvalue weighted by Crippen LogP contribution is 2.29. The Kier molecular flexibility index (Phi) is 4.47. The molecule has 0 saturated carbocycles. The van der Waals surface area contributed by atoms with Crippen molar-refractivity contribution in [2.45, 2.75) is 6.61 Å². The molecule has 4 aromatic carbocycles. The molecule has 4 nitrogen and oxygen atoms in total. The van der Waals surface area contributed by atoms with E-state index in [-0.39, 0.29) is 5.56 Å². The van der Waals surface area contributed by atoms with Crippen LogP contribution in [0.4, 0.5) is 0 Å². The van der Waals surface area contributed by atoms with E-state index in [0.29, 0.717) is 16.1 Å². The SMILES string of the molecule is O=c1c(=Cc2c(OCc3ccccc3)ccc3ccccc23)sc2nc3ccccc3n12. The zero-order valence-corrected chi connectivity index (χ0v) is 17.9. The van der Waals surface area contributed by atoms with Gasteiger partial charge in [0.15, 0.2) is 4.96 Å². The van der Waals surface area contributed by atoms with Gasteiger partial charge in [-0.25, -0.2) is 9.38 Å². The summed E-state index contributed by atoms with van der Waals surface area (Å²) in [6.07, 6.45) is 1.94. The summed E-state index contributed by atoms with van der Waals surface area (Å²) in [7, 11) is 0. The van der Waals surface area contributed by atoms with E-state index in [2.05, 4.69) is 23.2 Å². The van der Waals surface area contributed by atoms with Crippen LogP contribution in [0.1, 0.15) is 11.1 Å². The zero-order chi connectivity index (χ0) is 21.5. The van der Waals surface area contributed by atoms with Crippen LogP contribution in [0, 0.1) is 0 Å². The van der Waals surface area contributed by atoms with Crippen molar-refractivity contribution in [3.8, 4) is 5.75 Å². The third-order valence-corrected chi connectivity index (χ3v) is 6.56. The standard InChI is InChI=1S/C27H18N2O2S/c30-26-25(32-27-28-22-12-6-7-13-23(22)29(26)27)16-21-20-11-5-4-10-19(20)14-15-24(21)31-17-18-8-2-1-3-9-18/h1-16H,17H2. The van der Waals surface area contributed by atoms with Crippen LogP contribution in [0.25, 0.3) is 32.8 Å². The maximum Gasteiger partial charge on any atom is 0.274 e. The lowest BCUT2D eigenvalue weighted by atomic mass is 10.0. The minimum absolute atomic E-state index is 0.0550. The average Bonchev–Trinajstić information content (AvgIpc) is 3.35. The van der Waals surface area contributed by atoms with E-state index in [1.807, 2.05) is 78.9 Å². The first-order valence-electron chi connectivity index (χ1n) is 10.4. The number of ether oxygens (including phenoxy) is 1. The number of imidazole rings is 1. The molecule has 6 aromatic rings. The lowest BCUT2D eigenvalue weighted by Gasteiger charge is -2.12. The van der Waals surface area contributed by atoms with E-state index in [4.69, 9.17) is 4.74 Å². The molecule has 2 aromatic heterocycles. The number of rotatable bonds is 4. The predicted octanol–water partition coefficient (Wildman–Crippen LogP) is 5.19. The van der Waals surface area contributed by atoms with Crippen molar-refractivity contribution < 1.29 is 4.74 Å². The molecule has 32 heavy (non-hydrogen) atoms. The van der Waals surface area contributed by atoms with E-state index >= 15 is 0 Å². The summed E-state index contributed by atoms with van der Waals surface area (Å²) in [5, 5.41) is 2.15. The number of hydrogen-bond donors (Lipinski definition) is 0. The Labute approximate surface area is 187 Å². The molecule has 2 heterocycles. The Bertz CT molecular complexity index is 1700. The zero-order valence-electron chi connectivity index (χ0n) is 17.1. The van der Waals surface area contributed by atoms with Crippen LogP contribution in [0.2, 0.25) is 0 Å². The molecule has 0 aliphatic carbocycles. The molecule has 154 valence electrons. The van der Waals surface area contributed by atoms with Crippen LogP contribution in [-0.2, 0) is 6.61 Å². The van der Waals surface area contributed by atoms with Crippen molar-refractivity contribution in [3.05, 3.63) is 117 Å². The topological polar surface area (TPSA) is 43.6 Å². The summed E-state index contributed by atoms with van der Waals surface area (Å²) in [5.74, 6) is 0.753. The van der Waals surface area contributed by atoms with Gasteiger partial charge in [-0.2, -0.15) is 0 Å². The van der Waals surface area contributed by atoms with Crippen LogP contribution in [0.5, 0.6) is 5.75 Å². The molecule has 0 amide bonds. The summed E-state index contributed by atoms with van der Waals surface area (Å²) < 4.78 is 8.55. The molecular weight excluding hydrogens is 416 g/mol. The number of nitrogens with zero attached hydrogens (tertiary/aromatic N) is 2. The van der Waals surface area contributed by atoms with Gasteiger partial charge in [0.2, 0.25) is 0 Å². The molecule has 0 atom stereocenters. The molecule has 0 bridgehead atoms. The van der Waals surface area contributed by atoms with Crippen molar-refractivity contribution in [3.63, 3.8) is 0 Å². The van der Waals surface area contributed by atoms with Gasteiger partial charge >= 0.3 is 0 Å². The molecular formula is C27H18N2O2S. The van der Waals surface area contributed by atoms with Gasteiger partial charge in [-0.1, -0.05) is 84.1 Å². The van der Waals surface area contributed by atoms with Gasteiger partial charge < -0.3 is 4.74 Å². The van der Waals surface area contributed by atoms with Crippen molar-refractivity contribution in [1.29, 1.82) is 0 Å². The first-order valence-corrected chi connectivity index (χ1v) is 11.2. The number of para-hydroxylation sites is 2. The Morgan fingerprint density at radius 1 is 0.875 bits per heavy atom. The summed E-state index contributed by atoms with van der Waals surface area (Å²) in [4.78, 5) is 18.6. The van der Waals surface area contributed by atoms with Crippen molar-refractivity contribution in [2.75, 3.05) is 0 Å². The van der Waals surface area contributed by atoms with E-state index in [1.54, 1.807) is 4.40 Å². The Hall–Kier alpha value is -3.96. The van der Waals surface area contributed by atoms with Crippen LogP contribution in [0.3, 0.4) is 0 Å². The summed E-state index contributed by atoms with van der Waals surface area (Å²) in [6, 6.07) is 30.0. The molecule has 0 radical (unpaired) electrons. The largest absolute Gasteiger partial charge is 0.488 e. The highest BCUT2D eigenvalue weighted by Gasteiger charge is 2.13. The number of fused-ring (bicyclic) bond motifs is 4. The van der Waals surface area contributed by atoms with Crippen molar-refractivity contribution in [1.82, 2.24) is 9.38 Å². The second-order valence-corrected chi connectivity index (χ2v) is 8.62. The summed E-state index contributed by atoms with van der Waals surface area (Å²) in [6.45, 7) is 0.461. The Morgan fingerprint density at radius 2 is 1.66 bits per heavy atom. The van der Waals surface area contributed by atoms with Gasteiger partial charge in [0, 0.05) is 5.56 Å². The lowest BCUT2D eigenvalue weighted by molar-refractivity contribution is 0.306. The number of thiazole rings is 1. The number of benzene rings is 4. The second kappa shape index (κ2) is 7.62. The quantitative estimate of drug-likeness (QED) is 0.384. The van der Waals surface area contributed by atoms with Crippen LogP contribution in [0.15, 0.2) is 95.8 Å². The summed E-state index contributed by atoms with van der Waals surface area (Å²) in [5.41, 5.74) is 3.61. The van der Waals surface area contributed by atoms with Gasteiger partial charge in [0.25, 0.3) is 5.56 Å². The molecule has 0 saturated heterocycles. The van der Waals surface area contributed by atoms with Crippen molar-refractivity contribution >= 4 is 44.2 Å². The third kappa shape index (κ3) is 3.15. The number of hydrogen-bond acceptors (Lipinski definition) is 4. The van der Waals surface area contributed by atoms with Gasteiger partial charge in [0.05, 0.1) is 15.6 Å². The van der Waals surface area contributed by atoms with E-state index in [1.165, 1.54) is 11.3 Å². The third-order valence-electron chi connectivity index (χ3n) is 5.59. The van der Waals surface area contributed by atoms with Gasteiger partial charge in [-0.15, -0.1) is 0 Å². The van der Waals surface area contributed by atoms with Gasteiger partial charge in [-0.3, -0.25) is 4.79 Å². The highest BCUT2D eigenvalue weighted by atomic mass is 32.1. The molecule has 6 rings (SSSR count). The molecule has 0 N–H and O–H groups in total. The summed E-state index contributed by atoms with van der Waals surface area (Å²) >= 11 is 1.40. The average molecular weight is 435 g/mol. The molecule has 5 heteroatoms. The molecule has 0 fully saturated rings. The lowest BCUT2D eigenvalue weighted by Crippen LogP contribution is -2.22. The first-order chi connectivity index (χ1) is 15.8. The maximum atomic E-state index is 13.3. The molecule has 0 unspecified atom stereocenters. The highest BCUT2D eigenvalue weighted by molar-refractivity contribution is 7.15. The Morgan fingerprint density at radius 3 is 2.56 bits per heavy atom. The van der Waals surface area contributed by atoms with Gasteiger partial charge in [-0.05, 0) is 40.6 Å². The van der Waals surface area contributed by atoms with Crippen molar-refractivity contribution in [2.24, 2.45) is 0 Å². The molecule has 0 aliphatic heterocycles. The maximum absolute atomic E-state index is 13.3. The second-order valence-electron chi connectivity index (χ2n) is 7.61. The van der Waals surface area contributed by atoms with Gasteiger partial charge in [0.1, 0.15) is 12.4 Å². The smallest absolute Gasteiger partial charge is 0.274 e. The Balaban J connectivity index is 1.54. The van der Waals surface area contributed by atoms with Crippen LogP contribution >= 0.6 is 11.3 Å².